The third-order valence-electron chi connectivity index (χ3n) is 3.21. The number of pyridine rings is 1. The smallest absolute Gasteiger partial charge is 0.179 e. The van der Waals surface area contributed by atoms with E-state index in [4.69, 9.17) is 11.6 Å². The number of hydrogen-bond donors (Lipinski definition) is 1. The molecule has 18 heavy (non-hydrogen) atoms. The summed E-state index contributed by atoms with van der Waals surface area (Å²) in [7, 11) is -3.24. The van der Waals surface area contributed by atoms with E-state index in [2.05, 4.69) is 10.3 Å². The molecule has 0 amide bonds. The summed E-state index contributed by atoms with van der Waals surface area (Å²) in [6.45, 7) is 0.725. The first-order valence-corrected chi connectivity index (χ1v) is 8.32. The lowest BCUT2D eigenvalue weighted by Gasteiger charge is -2.13. The summed E-state index contributed by atoms with van der Waals surface area (Å²) >= 11 is 6.05. The lowest BCUT2D eigenvalue weighted by molar-refractivity contribution is 0.577. The van der Waals surface area contributed by atoms with Crippen LogP contribution in [0.1, 0.15) is 19.3 Å². The molecular weight excluding hydrogens is 272 g/mol. The third-order valence-corrected chi connectivity index (χ3v) is 4.73. The van der Waals surface area contributed by atoms with Gasteiger partial charge in [-0.3, -0.25) is 0 Å². The van der Waals surface area contributed by atoms with Crippen LogP contribution in [0.4, 0.5) is 5.82 Å². The molecule has 2 unspecified atom stereocenters. The van der Waals surface area contributed by atoms with Crippen LogP contribution in [-0.2, 0) is 9.84 Å². The number of alkyl halides is 1. The number of nitrogens with one attached hydrogen (secondary N) is 1. The fourth-order valence-corrected chi connectivity index (χ4v) is 3.44. The van der Waals surface area contributed by atoms with E-state index < -0.39 is 9.84 Å². The Kier molecular flexibility index (Phi) is 4.12. The Balaban J connectivity index is 2.06. The average Bonchev–Trinajstić information content (AvgIpc) is 2.72. The van der Waals surface area contributed by atoms with Gasteiger partial charge >= 0.3 is 0 Å². The van der Waals surface area contributed by atoms with Crippen molar-refractivity contribution in [2.75, 3.05) is 18.1 Å². The number of rotatable bonds is 4. The Morgan fingerprint density at radius 3 is 2.89 bits per heavy atom. The Bertz CT molecular complexity index is 519. The van der Waals surface area contributed by atoms with Crippen molar-refractivity contribution in [2.24, 2.45) is 5.92 Å². The molecule has 0 saturated heterocycles. The molecule has 1 fully saturated rings. The SMILES string of the molecule is CS(=O)(=O)c1cccnc1NCC1CCC(Cl)C1. The third kappa shape index (κ3) is 3.36. The predicted molar refractivity (Wildman–Crippen MR) is 72.8 cm³/mol. The largest absolute Gasteiger partial charge is 0.369 e. The van der Waals surface area contributed by atoms with Gasteiger partial charge in [-0.05, 0) is 37.3 Å². The predicted octanol–water partition coefficient (Wildman–Crippen LogP) is 2.30. The van der Waals surface area contributed by atoms with Crippen LogP contribution in [0.2, 0.25) is 0 Å². The summed E-state index contributed by atoms with van der Waals surface area (Å²) in [5.41, 5.74) is 0. The van der Waals surface area contributed by atoms with Gasteiger partial charge in [-0.25, -0.2) is 13.4 Å². The van der Waals surface area contributed by atoms with Crippen molar-refractivity contribution < 1.29 is 8.42 Å². The highest BCUT2D eigenvalue weighted by Gasteiger charge is 2.23. The molecule has 6 heteroatoms. The minimum absolute atomic E-state index is 0.255. The maximum atomic E-state index is 11.6. The average molecular weight is 289 g/mol. The van der Waals surface area contributed by atoms with E-state index in [1.54, 1.807) is 18.3 Å². The molecule has 100 valence electrons. The summed E-state index contributed by atoms with van der Waals surface area (Å²) in [5, 5.41) is 3.39. The van der Waals surface area contributed by atoms with Crippen LogP contribution in [0.3, 0.4) is 0 Å². The maximum Gasteiger partial charge on any atom is 0.179 e. The quantitative estimate of drug-likeness (QED) is 0.864. The van der Waals surface area contributed by atoms with Crippen molar-refractivity contribution in [2.45, 2.75) is 29.5 Å². The zero-order chi connectivity index (χ0) is 13.2. The maximum absolute atomic E-state index is 11.6. The number of halogens is 1. The first kappa shape index (κ1) is 13.6. The van der Waals surface area contributed by atoms with E-state index in [0.717, 1.165) is 25.8 Å². The number of hydrogen-bond acceptors (Lipinski definition) is 4. The van der Waals surface area contributed by atoms with Crippen molar-refractivity contribution in [1.82, 2.24) is 4.98 Å². The lowest BCUT2D eigenvalue weighted by Crippen LogP contribution is -2.15. The highest BCUT2D eigenvalue weighted by atomic mass is 35.5. The van der Waals surface area contributed by atoms with Gasteiger partial charge in [-0.2, -0.15) is 0 Å². The van der Waals surface area contributed by atoms with Crippen molar-refractivity contribution in [1.29, 1.82) is 0 Å². The number of aromatic nitrogens is 1. The van der Waals surface area contributed by atoms with E-state index in [9.17, 15) is 8.42 Å². The second kappa shape index (κ2) is 5.45. The van der Waals surface area contributed by atoms with Crippen LogP contribution in [0, 0.1) is 5.92 Å². The van der Waals surface area contributed by atoms with Gasteiger partial charge < -0.3 is 5.32 Å². The summed E-state index contributed by atoms with van der Waals surface area (Å²) in [5.74, 6) is 0.944. The van der Waals surface area contributed by atoms with E-state index in [-0.39, 0.29) is 10.3 Å². The number of anilines is 1. The Labute approximate surface area is 113 Å². The molecule has 1 heterocycles. The highest BCUT2D eigenvalue weighted by Crippen LogP contribution is 2.29. The molecule has 0 bridgehead atoms. The van der Waals surface area contributed by atoms with Crippen molar-refractivity contribution in [3.05, 3.63) is 18.3 Å². The molecule has 0 aliphatic heterocycles. The van der Waals surface area contributed by atoms with Crippen LogP contribution in [-0.4, -0.2) is 31.6 Å². The van der Waals surface area contributed by atoms with Gasteiger partial charge in [0, 0.05) is 24.4 Å². The first-order valence-electron chi connectivity index (χ1n) is 6.00. The fraction of sp³-hybridized carbons (Fsp3) is 0.583. The molecule has 1 aromatic rings. The van der Waals surface area contributed by atoms with Crippen molar-refractivity contribution in [3.8, 4) is 0 Å². The van der Waals surface area contributed by atoms with Crippen molar-refractivity contribution in [3.63, 3.8) is 0 Å². The number of sulfone groups is 1. The topological polar surface area (TPSA) is 59.1 Å². The van der Waals surface area contributed by atoms with E-state index in [1.165, 1.54) is 6.26 Å². The van der Waals surface area contributed by atoms with Crippen LogP contribution < -0.4 is 5.32 Å². The van der Waals surface area contributed by atoms with Crippen LogP contribution in [0.5, 0.6) is 0 Å². The summed E-state index contributed by atoms with van der Waals surface area (Å²) in [6.07, 6.45) is 5.89. The van der Waals surface area contributed by atoms with Gasteiger partial charge in [-0.15, -0.1) is 11.6 Å². The van der Waals surface area contributed by atoms with E-state index in [0.29, 0.717) is 11.7 Å². The fourth-order valence-electron chi connectivity index (χ4n) is 2.26. The molecule has 1 aliphatic carbocycles. The molecular formula is C12H17ClN2O2S. The summed E-state index contributed by atoms with van der Waals surface area (Å²) < 4.78 is 23.2. The first-order chi connectivity index (χ1) is 8.47. The van der Waals surface area contributed by atoms with Gasteiger partial charge in [0.2, 0.25) is 0 Å². The number of nitrogens with zero attached hydrogens (tertiary/aromatic N) is 1. The minimum Gasteiger partial charge on any atom is -0.369 e. The second-order valence-electron chi connectivity index (χ2n) is 4.78. The summed E-state index contributed by atoms with van der Waals surface area (Å²) in [4.78, 5) is 4.36. The minimum atomic E-state index is -3.24. The molecule has 1 N–H and O–H groups in total. The zero-order valence-corrected chi connectivity index (χ0v) is 11.8. The molecule has 1 saturated carbocycles. The van der Waals surface area contributed by atoms with Gasteiger partial charge in [-0.1, -0.05) is 0 Å². The van der Waals surface area contributed by atoms with Crippen LogP contribution in [0.15, 0.2) is 23.2 Å². The standard InChI is InChI=1S/C12H17ClN2O2S/c1-18(16,17)11-3-2-6-14-12(11)15-8-9-4-5-10(13)7-9/h2-3,6,9-10H,4-5,7-8H2,1H3,(H,14,15). The van der Waals surface area contributed by atoms with Gasteiger partial charge in [0.15, 0.2) is 9.84 Å². The Morgan fingerprint density at radius 2 is 2.28 bits per heavy atom. The van der Waals surface area contributed by atoms with Gasteiger partial charge in [0.05, 0.1) is 0 Å². The normalized spacial score (nSPS) is 24.1. The molecule has 0 aromatic carbocycles. The van der Waals surface area contributed by atoms with E-state index in [1.807, 2.05) is 0 Å². The second-order valence-corrected chi connectivity index (χ2v) is 7.38. The molecule has 2 rings (SSSR count). The molecule has 4 nitrogen and oxygen atoms in total. The van der Waals surface area contributed by atoms with Crippen LogP contribution in [0.25, 0.3) is 0 Å². The van der Waals surface area contributed by atoms with Gasteiger partial charge in [0.25, 0.3) is 0 Å². The van der Waals surface area contributed by atoms with Crippen molar-refractivity contribution >= 4 is 27.3 Å². The molecule has 0 radical (unpaired) electrons. The molecule has 0 spiro atoms. The summed E-state index contributed by atoms with van der Waals surface area (Å²) in [6, 6.07) is 3.20. The Hall–Kier alpha value is -0.810. The molecule has 1 aliphatic rings. The molecule has 2 atom stereocenters. The van der Waals surface area contributed by atoms with E-state index >= 15 is 0 Å². The monoisotopic (exact) mass is 288 g/mol. The lowest BCUT2D eigenvalue weighted by atomic mass is 10.1. The highest BCUT2D eigenvalue weighted by molar-refractivity contribution is 7.90. The van der Waals surface area contributed by atoms with Crippen LogP contribution >= 0.6 is 11.6 Å². The Morgan fingerprint density at radius 1 is 1.50 bits per heavy atom. The zero-order valence-electron chi connectivity index (χ0n) is 10.3. The van der Waals surface area contributed by atoms with Gasteiger partial charge in [0.1, 0.15) is 10.7 Å². The molecule has 1 aromatic heterocycles.